The second kappa shape index (κ2) is 7.88. The van der Waals surface area contributed by atoms with Gasteiger partial charge in [-0.2, -0.15) is 0 Å². The molecule has 3 aromatic carbocycles. The van der Waals surface area contributed by atoms with Crippen molar-refractivity contribution >= 4 is 11.6 Å². The van der Waals surface area contributed by atoms with Crippen molar-refractivity contribution in [2.75, 3.05) is 0 Å². The minimum Gasteiger partial charge on any atom is -0.507 e. The Labute approximate surface area is 181 Å². The summed E-state index contributed by atoms with van der Waals surface area (Å²) in [7, 11) is 0. The van der Waals surface area contributed by atoms with Crippen LogP contribution in [-0.4, -0.2) is 20.1 Å². The van der Waals surface area contributed by atoms with Gasteiger partial charge < -0.3 is 5.11 Å². The molecule has 150 valence electrons. The summed E-state index contributed by atoms with van der Waals surface area (Å²) in [6.45, 7) is 8.20. The smallest absolute Gasteiger partial charge is 0.167 e. The van der Waals surface area contributed by atoms with Crippen molar-refractivity contribution in [2.24, 2.45) is 0 Å². The van der Waals surface area contributed by atoms with E-state index >= 15 is 0 Å². The fraction of sp³-hybridized carbons (Fsp3) is 0.160. The van der Waals surface area contributed by atoms with E-state index in [1.54, 1.807) is 12.1 Å². The molecule has 0 saturated carbocycles. The van der Waals surface area contributed by atoms with Gasteiger partial charge in [0.25, 0.3) is 0 Å². The number of phenols is 1. The quantitative estimate of drug-likeness (QED) is 0.416. The number of halogens is 1. The lowest BCUT2D eigenvalue weighted by molar-refractivity contribution is 0.477. The van der Waals surface area contributed by atoms with Crippen LogP contribution in [-0.2, 0) is 0 Å². The first-order valence-electron chi connectivity index (χ1n) is 9.72. The maximum atomic E-state index is 10.5. The summed E-state index contributed by atoms with van der Waals surface area (Å²) in [4.78, 5) is 14.2. The molecule has 0 amide bonds. The molecule has 0 radical (unpaired) electrons. The minimum absolute atomic E-state index is 0.0341. The topological polar surface area (TPSA) is 58.9 Å². The highest BCUT2D eigenvalue weighted by molar-refractivity contribution is 6.30. The summed E-state index contributed by atoms with van der Waals surface area (Å²) in [5.41, 5.74) is 6.90. The SMILES string of the molecule is Cc1ccc(-c2nc(-c3ccc(C)cc3C)nc(-c3ccc(Cl)cc3O)n2)c(C)c1. The van der Waals surface area contributed by atoms with Gasteiger partial charge in [-0.25, -0.2) is 15.0 Å². The highest BCUT2D eigenvalue weighted by Crippen LogP contribution is 2.33. The van der Waals surface area contributed by atoms with Gasteiger partial charge in [0.05, 0.1) is 5.56 Å². The molecule has 1 N–H and O–H groups in total. The lowest BCUT2D eigenvalue weighted by atomic mass is 10.0. The van der Waals surface area contributed by atoms with E-state index < -0.39 is 0 Å². The number of aromatic nitrogens is 3. The predicted octanol–water partition coefficient (Wildman–Crippen LogP) is 6.47. The molecule has 0 aliphatic heterocycles. The molecule has 0 spiro atoms. The van der Waals surface area contributed by atoms with Gasteiger partial charge in [0.1, 0.15) is 5.75 Å². The third-order valence-corrected chi connectivity index (χ3v) is 5.32. The van der Waals surface area contributed by atoms with E-state index in [1.165, 1.54) is 17.2 Å². The average Bonchev–Trinajstić information content (AvgIpc) is 2.67. The van der Waals surface area contributed by atoms with E-state index in [4.69, 9.17) is 26.6 Å². The Hall–Kier alpha value is -3.24. The monoisotopic (exact) mass is 415 g/mol. The van der Waals surface area contributed by atoms with Crippen molar-refractivity contribution in [3.05, 3.63) is 81.9 Å². The molecular weight excluding hydrogens is 394 g/mol. The van der Waals surface area contributed by atoms with Crippen LogP contribution in [0.15, 0.2) is 54.6 Å². The van der Waals surface area contributed by atoms with Crippen LogP contribution in [0.1, 0.15) is 22.3 Å². The molecule has 0 bridgehead atoms. The van der Waals surface area contributed by atoms with Crippen LogP contribution >= 0.6 is 11.6 Å². The second-order valence-electron chi connectivity index (χ2n) is 7.60. The van der Waals surface area contributed by atoms with Gasteiger partial charge >= 0.3 is 0 Å². The first kappa shape index (κ1) is 20.0. The number of phenolic OH excluding ortho intramolecular Hbond substituents is 1. The van der Waals surface area contributed by atoms with E-state index in [9.17, 15) is 5.11 Å². The Kier molecular flexibility index (Phi) is 5.27. The molecule has 0 atom stereocenters. The zero-order chi connectivity index (χ0) is 21.4. The molecule has 5 heteroatoms. The largest absolute Gasteiger partial charge is 0.507 e. The Morgan fingerprint density at radius 3 is 1.47 bits per heavy atom. The van der Waals surface area contributed by atoms with Crippen LogP contribution < -0.4 is 0 Å². The lowest BCUT2D eigenvalue weighted by Gasteiger charge is -2.12. The molecule has 4 rings (SSSR count). The van der Waals surface area contributed by atoms with E-state index in [1.807, 2.05) is 38.1 Å². The third kappa shape index (κ3) is 3.91. The first-order chi connectivity index (χ1) is 14.3. The molecular formula is C25H22ClN3O. The summed E-state index contributed by atoms with van der Waals surface area (Å²) >= 11 is 6.02. The van der Waals surface area contributed by atoms with Crippen LogP contribution in [0.25, 0.3) is 34.2 Å². The van der Waals surface area contributed by atoms with Gasteiger partial charge in [-0.15, -0.1) is 0 Å². The van der Waals surface area contributed by atoms with E-state index in [0.717, 1.165) is 22.3 Å². The lowest BCUT2D eigenvalue weighted by Crippen LogP contribution is -2.02. The highest BCUT2D eigenvalue weighted by atomic mass is 35.5. The standard InChI is InChI=1S/C25H22ClN3O/c1-14-5-8-19(16(3)11-14)23-27-24(20-9-6-15(2)12-17(20)4)29-25(28-23)21-10-7-18(26)13-22(21)30/h5-13,30H,1-4H3. The zero-order valence-corrected chi connectivity index (χ0v) is 18.1. The first-order valence-corrected chi connectivity index (χ1v) is 10.1. The molecule has 30 heavy (non-hydrogen) atoms. The van der Waals surface area contributed by atoms with Crippen molar-refractivity contribution in [3.63, 3.8) is 0 Å². The van der Waals surface area contributed by atoms with Crippen molar-refractivity contribution in [3.8, 4) is 39.9 Å². The van der Waals surface area contributed by atoms with Gasteiger partial charge in [-0.3, -0.25) is 0 Å². The maximum absolute atomic E-state index is 10.5. The van der Waals surface area contributed by atoms with Crippen LogP contribution in [0.5, 0.6) is 5.75 Å². The Morgan fingerprint density at radius 2 is 1.03 bits per heavy atom. The normalized spacial score (nSPS) is 11.0. The van der Waals surface area contributed by atoms with Gasteiger partial charge in [0.15, 0.2) is 17.5 Å². The number of hydrogen-bond donors (Lipinski definition) is 1. The fourth-order valence-electron chi connectivity index (χ4n) is 3.56. The van der Waals surface area contributed by atoms with Crippen LogP contribution in [0.4, 0.5) is 0 Å². The Morgan fingerprint density at radius 1 is 0.600 bits per heavy atom. The van der Waals surface area contributed by atoms with Crippen molar-refractivity contribution in [1.82, 2.24) is 15.0 Å². The molecule has 1 heterocycles. The predicted molar refractivity (Wildman–Crippen MR) is 122 cm³/mol. The highest BCUT2D eigenvalue weighted by Gasteiger charge is 2.17. The molecule has 4 aromatic rings. The minimum atomic E-state index is 0.0341. The molecule has 0 saturated heterocycles. The molecule has 4 nitrogen and oxygen atoms in total. The fourth-order valence-corrected chi connectivity index (χ4v) is 3.73. The Balaban J connectivity index is 1.98. The molecule has 0 fully saturated rings. The number of aromatic hydroxyl groups is 1. The number of nitrogens with zero attached hydrogens (tertiary/aromatic N) is 3. The summed E-state index contributed by atoms with van der Waals surface area (Å²) in [5.74, 6) is 1.58. The maximum Gasteiger partial charge on any atom is 0.167 e. The molecule has 0 aliphatic carbocycles. The average molecular weight is 416 g/mol. The van der Waals surface area contributed by atoms with Gasteiger partial charge in [-0.05, 0) is 57.0 Å². The number of hydrogen-bond acceptors (Lipinski definition) is 4. The molecule has 0 aliphatic rings. The van der Waals surface area contributed by atoms with Gasteiger partial charge in [0, 0.05) is 16.1 Å². The van der Waals surface area contributed by atoms with E-state index in [-0.39, 0.29) is 5.75 Å². The van der Waals surface area contributed by atoms with Crippen molar-refractivity contribution < 1.29 is 5.11 Å². The third-order valence-electron chi connectivity index (χ3n) is 5.08. The summed E-state index contributed by atoms with van der Waals surface area (Å²) in [6, 6.07) is 17.3. The molecule has 0 unspecified atom stereocenters. The number of benzene rings is 3. The van der Waals surface area contributed by atoms with Gasteiger partial charge in [-0.1, -0.05) is 59.1 Å². The van der Waals surface area contributed by atoms with Crippen LogP contribution in [0.2, 0.25) is 5.02 Å². The van der Waals surface area contributed by atoms with Crippen LogP contribution in [0, 0.1) is 27.7 Å². The summed E-state index contributed by atoms with van der Waals surface area (Å²) in [6.07, 6.45) is 0. The van der Waals surface area contributed by atoms with E-state index in [2.05, 4.69) is 26.0 Å². The summed E-state index contributed by atoms with van der Waals surface area (Å²) < 4.78 is 0. The number of rotatable bonds is 3. The van der Waals surface area contributed by atoms with Gasteiger partial charge in [0.2, 0.25) is 0 Å². The van der Waals surface area contributed by atoms with Crippen molar-refractivity contribution in [1.29, 1.82) is 0 Å². The zero-order valence-electron chi connectivity index (χ0n) is 17.4. The van der Waals surface area contributed by atoms with E-state index in [0.29, 0.717) is 28.1 Å². The van der Waals surface area contributed by atoms with Crippen molar-refractivity contribution in [2.45, 2.75) is 27.7 Å². The Bertz CT molecular complexity index is 1100. The van der Waals surface area contributed by atoms with Crippen LogP contribution in [0.3, 0.4) is 0 Å². The second-order valence-corrected chi connectivity index (χ2v) is 8.04. The number of aryl methyl sites for hydroxylation is 4. The molecule has 1 aromatic heterocycles. The summed E-state index contributed by atoms with van der Waals surface area (Å²) in [5, 5.41) is 10.9.